The van der Waals surface area contributed by atoms with E-state index in [1.54, 1.807) is 0 Å². The lowest BCUT2D eigenvalue weighted by Crippen LogP contribution is -2.42. The Labute approximate surface area is 117 Å². The van der Waals surface area contributed by atoms with E-state index in [9.17, 15) is 18.5 Å². The number of nitrogens with zero attached hydrogens (tertiary/aromatic N) is 2. The number of hydrogen-bond acceptors (Lipinski definition) is 5. The fraction of sp³-hybridized carbons (Fsp3) is 0.500. The first-order valence-electron chi connectivity index (χ1n) is 6.40. The number of piperidine rings is 1. The third kappa shape index (κ3) is 2.61. The summed E-state index contributed by atoms with van der Waals surface area (Å²) in [5.74, 6) is 0. The summed E-state index contributed by atoms with van der Waals surface area (Å²) in [6, 6.07) is 3.38. The minimum absolute atomic E-state index is 0.0585. The molecule has 2 N–H and O–H groups in total. The van der Waals surface area contributed by atoms with Crippen LogP contribution in [0.1, 0.15) is 26.2 Å². The molecule has 2 rings (SSSR count). The van der Waals surface area contributed by atoms with Crippen LogP contribution in [0.5, 0.6) is 0 Å². The van der Waals surface area contributed by atoms with Crippen molar-refractivity contribution in [3.05, 3.63) is 28.3 Å². The van der Waals surface area contributed by atoms with Crippen LogP contribution in [0.25, 0.3) is 0 Å². The second kappa shape index (κ2) is 5.37. The van der Waals surface area contributed by atoms with Crippen LogP contribution >= 0.6 is 0 Å². The zero-order chi connectivity index (χ0) is 14.9. The minimum atomic E-state index is -3.70. The lowest BCUT2D eigenvalue weighted by Gasteiger charge is -2.32. The van der Waals surface area contributed by atoms with Crippen molar-refractivity contribution in [2.75, 3.05) is 12.3 Å². The Morgan fingerprint density at radius 2 is 2.10 bits per heavy atom. The Morgan fingerprint density at radius 3 is 2.65 bits per heavy atom. The Bertz CT molecular complexity index is 630. The van der Waals surface area contributed by atoms with Crippen molar-refractivity contribution in [3.8, 4) is 0 Å². The van der Waals surface area contributed by atoms with E-state index in [0.29, 0.717) is 6.54 Å². The molecule has 0 saturated carbocycles. The molecule has 0 aliphatic carbocycles. The molecule has 1 saturated heterocycles. The van der Waals surface area contributed by atoms with E-state index in [1.165, 1.54) is 10.4 Å². The highest BCUT2D eigenvalue weighted by atomic mass is 32.2. The highest BCUT2D eigenvalue weighted by Gasteiger charge is 2.32. The van der Waals surface area contributed by atoms with Crippen LogP contribution in [0.4, 0.5) is 11.4 Å². The molecule has 110 valence electrons. The van der Waals surface area contributed by atoms with Crippen molar-refractivity contribution in [1.29, 1.82) is 0 Å². The zero-order valence-electron chi connectivity index (χ0n) is 11.2. The molecule has 1 aromatic rings. The van der Waals surface area contributed by atoms with Crippen LogP contribution in [-0.2, 0) is 10.0 Å². The molecule has 1 aliphatic rings. The van der Waals surface area contributed by atoms with Gasteiger partial charge < -0.3 is 5.73 Å². The number of nitrogen functional groups attached to an aromatic ring is 1. The number of anilines is 1. The monoisotopic (exact) mass is 299 g/mol. The highest BCUT2D eigenvalue weighted by molar-refractivity contribution is 7.89. The molecule has 0 bridgehead atoms. The summed E-state index contributed by atoms with van der Waals surface area (Å²) in [4.78, 5) is 10.00. The van der Waals surface area contributed by atoms with Gasteiger partial charge in [-0.25, -0.2) is 8.42 Å². The molecule has 20 heavy (non-hydrogen) atoms. The van der Waals surface area contributed by atoms with Gasteiger partial charge in [0.25, 0.3) is 5.69 Å². The van der Waals surface area contributed by atoms with Gasteiger partial charge in [-0.2, -0.15) is 4.31 Å². The highest BCUT2D eigenvalue weighted by Crippen LogP contribution is 2.30. The van der Waals surface area contributed by atoms with E-state index >= 15 is 0 Å². The Morgan fingerprint density at radius 1 is 1.40 bits per heavy atom. The van der Waals surface area contributed by atoms with Crippen molar-refractivity contribution in [2.24, 2.45) is 0 Å². The van der Waals surface area contributed by atoms with Crippen LogP contribution in [0.2, 0.25) is 0 Å². The molecule has 1 heterocycles. The lowest BCUT2D eigenvalue weighted by molar-refractivity contribution is -0.384. The first-order valence-corrected chi connectivity index (χ1v) is 7.84. The molecule has 1 fully saturated rings. The fourth-order valence-electron chi connectivity index (χ4n) is 2.44. The largest absolute Gasteiger partial charge is 0.397 e. The third-order valence-electron chi connectivity index (χ3n) is 3.53. The first-order chi connectivity index (χ1) is 9.34. The normalized spacial score (nSPS) is 20.8. The van der Waals surface area contributed by atoms with Gasteiger partial charge in [-0.1, -0.05) is 6.42 Å². The van der Waals surface area contributed by atoms with Crippen molar-refractivity contribution in [3.63, 3.8) is 0 Å². The number of benzene rings is 1. The average Bonchev–Trinajstić information content (AvgIpc) is 2.38. The number of non-ortho nitro benzene ring substituents is 1. The second-order valence-electron chi connectivity index (χ2n) is 4.94. The van der Waals surface area contributed by atoms with Crippen LogP contribution in [-0.4, -0.2) is 30.2 Å². The summed E-state index contributed by atoms with van der Waals surface area (Å²) in [5, 5.41) is 10.7. The van der Waals surface area contributed by atoms with Crippen LogP contribution in [0.3, 0.4) is 0 Å². The molecular formula is C12H17N3O4S. The van der Waals surface area contributed by atoms with Gasteiger partial charge in [0, 0.05) is 24.7 Å². The smallest absolute Gasteiger partial charge is 0.271 e. The van der Waals surface area contributed by atoms with E-state index < -0.39 is 14.9 Å². The Balaban J connectivity index is 2.41. The quantitative estimate of drug-likeness (QED) is 0.519. The summed E-state index contributed by atoms with van der Waals surface area (Å²) in [6.45, 7) is 2.32. The van der Waals surface area contributed by atoms with E-state index in [0.717, 1.165) is 31.4 Å². The maximum atomic E-state index is 12.6. The van der Waals surface area contributed by atoms with E-state index in [-0.39, 0.29) is 22.3 Å². The number of rotatable bonds is 3. The number of nitro benzene ring substituents is 1. The van der Waals surface area contributed by atoms with E-state index in [4.69, 9.17) is 5.73 Å². The molecule has 1 aliphatic heterocycles. The van der Waals surface area contributed by atoms with Gasteiger partial charge in [0.05, 0.1) is 10.6 Å². The topological polar surface area (TPSA) is 107 Å². The molecular weight excluding hydrogens is 282 g/mol. The molecule has 0 spiro atoms. The predicted octanol–water partition coefficient (Wildman–Crippen LogP) is 1.74. The molecule has 7 nitrogen and oxygen atoms in total. The molecule has 8 heteroatoms. The molecule has 0 aromatic heterocycles. The van der Waals surface area contributed by atoms with Gasteiger partial charge in [0.2, 0.25) is 10.0 Å². The van der Waals surface area contributed by atoms with E-state index in [1.807, 2.05) is 6.92 Å². The van der Waals surface area contributed by atoms with Crippen molar-refractivity contribution >= 4 is 21.4 Å². The van der Waals surface area contributed by atoms with Gasteiger partial charge in [0.15, 0.2) is 0 Å². The van der Waals surface area contributed by atoms with E-state index in [2.05, 4.69) is 0 Å². The van der Waals surface area contributed by atoms with Gasteiger partial charge in [0.1, 0.15) is 4.90 Å². The van der Waals surface area contributed by atoms with Gasteiger partial charge in [-0.05, 0) is 25.8 Å². The number of nitro groups is 1. The summed E-state index contributed by atoms with van der Waals surface area (Å²) in [6.07, 6.45) is 2.63. The molecule has 0 radical (unpaired) electrons. The van der Waals surface area contributed by atoms with Gasteiger partial charge >= 0.3 is 0 Å². The number of hydrogen-bond donors (Lipinski definition) is 1. The first kappa shape index (κ1) is 14.7. The number of nitrogens with two attached hydrogens (primary N) is 1. The molecule has 1 atom stereocenters. The van der Waals surface area contributed by atoms with Crippen molar-refractivity contribution < 1.29 is 13.3 Å². The Kier molecular flexibility index (Phi) is 3.96. The van der Waals surface area contributed by atoms with Crippen molar-refractivity contribution in [2.45, 2.75) is 37.1 Å². The maximum Gasteiger partial charge on any atom is 0.271 e. The summed E-state index contributed by atoms with van der Waals surface area (Å²) < 4.78 is 26.6. The predicted molar refractivity (Wildman–Crippen MR) is 74.7 cm³/mol. The maximum absolute atomic E-state index is 12.6. The molecule has 1 aromatic carbocycles. The minimum Gasteiger partial charge on any atom is -0.397 e. The average molecular weight is 299 g/mol. The molecule has 1 unspecified atom stereocenters. The second-order valence-corrected chi connectivity index (χ2v) is 6.80. The fourth-order valence-corrected chi connectivity index (χ4v) is 4.24. The number of sulfonamides is 1. The van der Waals surface area contributed by atoms with Crippen LogP contribution in [0.15, 0.2) is 23.1 Å². The zero-order valence-corrected chi connectivity index (χ0v) is 12.0. The van der Waals surface area contributed by atoms with Gasteiger partial charge in [-0.3, -0.25) is 10.1 Å². The van der Waals surface area contributed by atoms with Crippen LogP contribution < -0.4 is 5.73 Å². The van der Waals surface area contributed by atoms with Crippen molar-refractivity contribution in [1.82, 2.24) is 4.31 Å². The van der Waals surface area contributed by atoms with Crippen LogP contribution in [0, 0.1) is 10.1 Å². The SMILES string of the molecule is CC1CCCCN1S(=O)(=O)c1ccc([N+](=O)[O-])cc1N. The lowest BCUT2D eigenvalue weighted by atomic mass is 10.1. The summed E-state index contributed by atoms with van der Waals surface area (Å²) >= 11 is 0. The standard InChI is InChI=1S/C12H17N3O4S/c1-9-4-2-3-7-14(9)20(18,19)12-6-5-10(15(16)17)8-11(12)13/h5-6,8-9H,2-4,7,13H2,1H3. The van der Waals surface area contributed by atoms with Gasteiger partial charge in [-0.15, -0.1) is 0 Å². The third-order valence-corrected chi connectivity index (χ3v) is 5.62. The Hall–Kier alpha value is -1.67. The summed E-state index contributed by atoms with van der Waals surface area (Å²) in [7, 11) is -3.70. The molecule has 0 amide bonds. The summed E-state index contributed by atoms with van der Waals surface area (Å²) in [5.41, 5.74) is 5.39.